The monoisotopic (exact) mass is 256 g/mol. The summed E-state index contributed by atoms with van der Waals surface area (Å²) in [7, 11) is 1.63. The Morgan fingerprint density at radius 2 is 2.11 bits per heavy atom. The molecule has 1 aliphatic heterocycles. The molecule has 1 fully saturated rings. The van der Waals surface area contributed by atoms with Crippen LogP contribution >= 0.6 is 0 Å². The number of carbonyl (C=O) groups is 2. The number of nitrogens with zero attached hydrogens (tertiary/aromatic N) is 1. The van der Waals surface area contributed by atoms with Crippen LogP contribution in [0, 0.1) is 0 Å². The molecule has 0 aliphatic carbocycles. The van der Waals surface area contributed by atoms with E-state index in [9.17, 15) is 9.59 Å². The van der Waals surface area contributed by atoms with Crippen LogP contribution in [0.3, 0.4) is 0 Å². The van der Waals surface area contributed by atoms with Crippen molar-refractivity contribution in [3.05, 3.63) is 0 Å². The van der Waals surface area contributed by atoms with Gasteiger partial charge >= 0.3 is 0 Å². The van der Waals surface area contributed by atoms with Gasteiger partial charge in [0, 0.05) is 26.6 Å². The molecule has 0 saturated carbocycles. The number of ether oxygens (including phenoxy) is 1. The first-order chi connectivity index (χ1) is 8.39. The zero-order valence-corrected chi connectivity index (χ0v) is 11.8. The number of hydrogen-bond acceptors (Lipinski definition) is 3. The third-order valence-corrected chi connectivity index (χ3v) is 3.26. The van der Waals surface area contributed by atoms with E-state index in [1.165, 1.54) is 0 Å². The fraction of sp³-hybridized carbons (Fsp3) is 0.846. The van der Waals surface area contributed by atoms with Crippen LogP contribution in [0.4, 0.5) is 0 Å². The molecule has 18 heavy (non-hydrogen) atoms. The minimum atomic E-state index is -0.389. The molecule has 0 spiro atoms. The summed E-state index contributed by atoms with van der Waals surface area (Å²) in [6, 6.07) is -0.377. The molecule has 1 saturated heterocycles. The van der Waals surface area contributed by atoms with E-state index >= 15 is 0 Å². The predicted molar refractivity (Wildman–Crippen MR) is 69.1 cm³/mol. The van der Waals surface area contributed by atoms with Gasteiger partial charge in [0.05, 0.1) is 5.60 Å². The predicted octanol–water partition coefficient (Wildman–Crippen LogP) is 0.929. The fourth-order valence-corrected chi connectivity index (χ4v) is 2.06. The topological polar surface area (TPSA) is 58.6 Å². The highest BCUT2D eigenvalue weighted by Gasteiger charge is 2.32. The Morgan fingerprint density at radius 1 is 1.44 bits per heavy atom. The van der Waals surface area contributed by atoms with Gasteiger partial charge in [-0.05, 0) is 20.3 Å². The Morgan fingerprint density at radius 3 is 2.67 bits per heavy atom. The van der Waals surface area contributed by atoms with Gasteiger partial charge in [0.2, 0.25) is 11.8 Å². The number of carbonyl (C=O) groups excluding carboxylic acids is 2. The average Bonchev–Trinajstić information content (AvgIpc) is 2.43. The largest absolute Gasteiger partial charge is 0.377 e. The van der Waals surface area contributed by atoms with E-state index in [0.29, 0.717) is 25.9 Å². The van der Waals surface area contributed by atoms with E-state index in [-0.39, 0.29) is 23.5 Å². The van der Waals surface area contributed by atoms with Gasteiger partial charge < -0.3 is 15.0 Å². The smallest absolute Gasteiger partial charge is 0.245 e. The van der Waals surface area contributed by atoms with E-state index in [1.807, 2.05) is 20.8 Å². The van der Waals surface area contributed by atoms with Crippen LogP contribution < -0.4 is 5.32 Å². The van der Waals surface area contributed by atoms with Crippen LogP contribution in [0.2, 0.25) is 0 Å². The van der Waals surface area contributed by atoms with Crippen molar-refractivity contribution >= 4 is 11.8 Å². The van der Waals surface area contributed by atoms with Crippen LogP contribution in [-0.2, 0) is 14.3 Å². The molecule has 1 atom stereocenters. The minimum Gasteiger partial charge on any atom is -0.377 e. The molecule has 1 rings (SSSR count). The van der Waals surface area contributed by atoms with Gasteiger partial charge in [-0.3, -0.25) is 9.59 Å². The molecule has 104 valence electrons. The third kappa shape index (κ3) is 3.98. The van der Waals surface area contributed by atoms with E-state index < -0.39 is 0 Å². The second-order valence-corrected chi connectivity index (χ2v) is 5.38. The SMILES string of the molecule is CCCC1NC(=O)CCN(CC(C)(C)OC)C1=O. The normalized spacial score (nSPS) is 21.8. The number of hydrogen-bond donors (Lipinski definition) is 1. The quantitative estimate of drug-likeness (QED) is 0.796. The molecular weight excluding hydrogens is 232 g/mol. The van der Waals surface area contributed by atoms with Gasteiger partial charge in [0.15, 0.2) is 0 Å². The van der Waals surface area contributed by atoms with Crippen molar-refractivity contribution in [2.75, 3.05) is 20.2 Å². The van der Waals surface area contributed by atoms with E-state index in [0.717, 1.165) is 6.42 Å². The van der Waals surface area contributed by atoms with Crippen molar-refractivity contribution in [2.45, 2.75) is 51.7 Å². The van der Waals surface area contributed by atoms with Crippen molar-refractivity contribution in [3.63, 3.8) is 0 Å². The molecule has 0 aromatic heterocycles. The molecular formula is C13H24N2O3. The molecule has 5 nitrogen and oxygen atoms in total. The lowest BCUT2D eigenvalue weighted by atomic mass is 10.1. The molecule has 2 amide bonds. The summed E-state index contributed by atoms with van der Waals surface area (Å²) in [6.45, 7) is 6.87. The van der Waals surface area contributed by atoms with Gasteiger partial charge in [0.25, 0.3) is 0 Å². The Bertz CT molecular complexity index is 315. The lowest BCUT2D eigenvalue weighted by Gasteiger charge is -2.32. The van der Waals surface area contributed by atoms with Crippen LogP contribution in [0.25, 0.3) is 0 Å². The lowest BCUT2D eigenvalue weighted by Crippen LogP contribution is -2.49. The van der Waals surface area contributed by atoms with E-state index in [4.69, 9.17) is 4.74 Å². The van der Waals surface area contributed by atoms with Crippen molar-refractivity contribution in [3.8, 4) is 0 Å². The lowest BCUT2D eigenvalue weighted by molar-refractivity contribution is -0.137. The molecule has 1 unspecified atom stereocenters. The van der Waals surface area contributed by atoms with Crippen molar-refractivity contribution < 1.29 is 14.3 Å². The van der Waals surface area contributed by atoms with Crippen molar-refractivity contribution in [1.82, 2.24) is 10.2 Å². The van der Waals surface area contributed by atoms with Gasteiger partial charge in [0.1, 0.15) is 6.04 Å². The van der Waals surface area contributed by atoms with Gasteiger partial charge in [-0.2, -0.15) is 0 Å². The molecule has 1 heterocycles. The Kier molecular flexibility index (Phi) is 5.14. The molecule has 1 aliphatic rings. The fourth-order valence-electron chi connectivity index (χ4n) is 2.06. The van der Waals surface area contributed by atoms with Crippen LogP contribution in [0.15, 0.2) is 0 Å². The first kappa shape index (κ1) is 15.0. The Hall–Kier alpha value is -1.10. The van der Waals surface area contributed by atoms with E-state index in [1.54, 1.807) is 12.0 Å². The van der Waals surface area contributed by atoms with Crippen LogP contribution in [0.5, 0.6) is 0 Å². The molecule has 0 radical (unpaired) electrons. The second-order valence-electron chi connectivity index (χ2n) is 5.38. The number of methoxy groups -OCH3 is 1. The van der Waals surface area contributed by atoms with E-state index in [2.05, 4.69) is 5.32 Å². The summed E-state index contributed by atoms with van der Waals surface area (Å²) in [5.74, 6) is -0.0349. The number of amides is 2. The van der Waals surface area contributed by atoms with Crippen molar-refractivity contribution in [1.29, 1.82) is 0 Å². The molecule has 5 heteroatoms. The summed E-state index contributed by atoms with van der Waals surface area (Å²) < 4.78 is 5.35. The summed E-state index contributed by atoms with van der Waals surface area (Å²) in [4.78, 5) is 25.6. The third-order valence-electron chi connectivity index (χ3n) is 3.26. The van der Waals surface area contributed by atoms with Gasteiger partial charge in [-0.1, -0.05) is 13.3 Å². The first-order valence-corrected chi connectivity index (χ1v) is 6.53. The van der Waals surface area contributed by atoms with Gasteiger partial charge in [-0.15, -0.1) is 0 Å². The second kappa shape index (κ2) is 6.18. The average molecular weight is 256 g/mol. The number of rotatable bonds is 5. The number of nitrogens with one attached hydrogen (secondary N) is 1. The Labute approximate surface area is 109 Å². The van der Waals surface area contributed by atoms with Gasteiger partial charge in [-0.25, -0.2) is 0 Å². The maximum atomic E-state index is 12.3. The minimum absolute atomic E-state index is 0.00725. The maximum Gasteiger partial charge on any atom is 0.245 e. The highest BCUT2D eigenvalue weighted by molar-refractivity contribution is 5.89. The zero-order chi connectivity index (χ0) is 13.8. The summed E-state index contributed by atoms with van der Waals surface area (Å²) >= 11 is 0. The maximum absolute atomic E-state index is 12.3. The molecule has 1 N–H and O–H groups in total. The standard InChI is InChI=1S/C13H24N2O3/c1-5-6-10-12(17)15(8-7-11(16)14-10)9-13(2,3)18-4/h10H,5-9H2,1-4H3,(H,14,16). The molecule has 0 aromatic rings. The van der Waals surface area contributed by atoms with Crippen LogP contribution in [0.1, 0.15) is 40.0 Å². The zero-order valence-electron chi connectivity index (χ0n) is 11.8. The first-order valence-electron chi connectivity index (χ1n) is 6.53. The van der Waals surface area contributed by atoms with Crippen molar-refractivity contribution in [2.24, 2.45) is 0 Å². The summed E-state index contributed by atoms with van der Waals surface area (Å²) in [5.41, 5.74) is -0.389. The molecule has 0 aromatic carbocycles. The molecule has 0 bridgehead atoms. The summed E-state index contributed by atoms with van der Waals surface area (Å²) in [5, 5.41) is 2.79. The summed E-state index contributed by atoms with van der Waals surface area (Å²) in [6.07, 6.45) is 1.93. The highest BCUT2D eigenvalue weighted by Crippen LogP contribution is 2.15. The van der Waals surface area contributed by atoms with Crippen LogP contribution in [-0.4, -0.2) is 48.6 Å². The Balaban J connectivity index is 2.77. The highest BCUT2D eigenvalue weighted by atomic mass is 16.5.